The van der Waals surface area contributed by atoms with Gasteiger partial charge in [-0.1, -0.05) is 11.6 Å². The first-order valence-electron chi connectivity index (χ1n) is 8.31. The van der Waals surface area contributed by atoms with Gasteiger partial charge in [0.15, 0.2) is 0 Å². The molecular weight excluding hydrogens is 396 g/mol. The van der Waals surface area contributed by atoms with Gasteiger partial charge in [0.25, 0.3) is 5.91 Å². The van der Waals surface area contributed by atoms with E-state index in [1.807, 2.05) is 24.3 Å². The van der Waals surface area contributed by atoms with Crippen molar-refractivity contribution in [3.8, 4) is 17.0 Å². The second kappa shape index (κ2) is 7.46. The highest BCUT2D eigenvalue weighted by molar-refractivity contribution is 7.21. The number of nitrogens with one attached hydrogen (secondary N) is 1. The molecule has 0 saturated heterocycles. The largest absolute Gasteiger partial charge is 0.497 e. The summed E-state index contributed by atoms with van der Waals surface area (Å²) in [6.07, 6.45) is 3.42. The molecule has 0 aliphatic heterocycles. The number of nitrogens with two attached hydrogens (primary N) is 1. The molecule has 3 aromatic heterocycles. The summed E-state index contributed by atoms with van der Waals surface area (Å²) in [6.45, 7) is 0. The third-order valence-electron chi connectivity index (χ3n) is 4.20. The predicted octanol–water partition coefficient (Wildman–Crippen LogP) is 4.85. The normalized spacial score (nSPS) is 10.8. The molecule has 1 amide bonds. The molecule has 28 heavy (non-hydrogen) atoms. The number of rotatable bonds is 4. The van der Waals surface area contributed by atoms with Crippen LogP contribution in [0.1, 0.15) is 9.67 Å². The summed E-state index contributed by atoms with van der Waals surface area (Å²) >= 11 is 7.41. The third-order valence-corrected chi connectivity index (χ3v) is 5.64. The number of anilines is 2. The van der Waals surface area contributed by atoms with E-state index in [0.717, 1.165) is 16.6 Å². The number of hydrogen-bond acceptors (Lipinski definition) is 6. The van der Waals surface area contributed by atoms with E-state index < -0.39 is 0 Å². The Hall–Kier alpha value is -3.16. The third kappa shape index (κ3) is 3.37. The fourth-order valence-corrected chi connectivity index (χ4v) is 3.91. The minimum atomic E-state index is -0.346. The van der Waals surface area contributed by atoms with Crippen molar-refractivity contribution in [3.05, 3.63) is 64.8 Å². The van der Waals surface area contributed by atoms with E-state index in [0.29, 0.717) is 31.9 Å². The standard InChI is InChI=1S/C20H15ClN4O2S/c1-27-12-2-4-14(21)16(10-12)24-19(26)18-17(22)13-3-5-15(25-20(13)28-18)11-6-8-23-9-7-11/h2-10H,22H2,1H3,(H,24,26). The first-order chi connectivity index (χ1) is 13.6. The molecule has 0 aliphatic carbocycles. The molecule has 0 spiro atoms. The SMILES string of the molecule is COc1ccc(Cl)c(NC(=O)c2sc3nc(-c4ccncc4)ccc3c2N)c1. The fraction of sp³-hybridized carbons (Fsp3) is 0.0500. The van der Waals surface area contributed by atoms with Gasteiger partial charge in [0, 0.05) is 29.4 Å². The number of carbonyl (C=O) groups is 1. The van der Waals surface area contributed by atoms with E-state index >= 15 is 0 Å². The number of hydrogen-bond donors (Lipinski definition) is 2. The molecular formula is C20H15ClN4O2S. The van der Waals surface area contributed by atoms with Crippen LogP contribution < -0.4 is 15.8 Å². The van der Waals surface area contributed by atoms with Gasteiger partial charge >= 0.3 is 0 Å². The van der Waals surface area contributed by atoms with Crippen LogP contribution in [-0.2, 0) is 0 Å². The van der Waals surface area contributed by atoms with Crippen LogP contribution in [0.4, 0.5) is 11.4 Å². The van der Waals surface area contributed by atoms with Crippen LogP contribution in [0.2, 0.25) is 5.02 Å². The summed E-state index contributed by atoms with van der Waals surface area (Å²) in [5.74, 6) is 0.244. The number of amides is 1. The quantitative estimate of drug-likeness (QED) is 0.501. The van der Waals surface area contributed by atoms with Crippen molar-refractivity contribution in [3.63, 3.8) is 0 Å². The molecule has 0 saturated carbocycles. The van der Waals surface area contributed by atoms with Crippen molar-refractivity contribution in [1.29, 1.82) is 0 Å². The number of benzene rings is 1. The van der Waals surface area contributed by atoms with Crippen LogP contribution in [0, 0.1) is 0 Å². The lowest BCUT2D eigenvalue weighted by Gasteiger charge is -2.08. The summed E-state index contributed by atoms with van der Waals surface area (Å²) in [4.78, 5) is 22.5. The Morgan fingerprint density at radius 1 is 1.18 bits per heavy atom. The lowest BCUT2D eigenvalue weighted by atomic mass is 10.1. The number of fused-ring (bicyclic) bond motifs is 1. The molecule has 0 unspecified atom stereocenters. The number of aromatic nitrogens is 2. The molecule has 0 fully saturated rings. The maximum Gasteiger partial charge on any atom is 0.267 e. The van der Waals surface area contributed by atoms with Gasteiger partial charge in [0.2, 0.25) is 0 Å². The van der Waals surface area contributed by atoms with Gasteiger partial charge in [-0.05, 0) is 36.4 Å². The zero-order chi connectivity index (χ0) is 19.7. The Balaban J connectivity index is 1.69. The van der Waals surface area contributed by atoms with Gasteiger partial charge in [-0.2, -0.15) is 0 Å². The van der Waals surface area contributed by atoms with Gasteiger partial charge < -0.3 is 15.8 Å². The fourth-order valence-electron chi connectivity index (χ4n) is 2.76. The minimum Gasteiger partial charge on any atom is -0.497 e. The van der Waals surface area contributed by atoms with Crippen molar-refractivity contribution in [2.24, 2.45) is 0 Å². The highest BCUT2D eigenvalue weighted by atomic mass is 35.5. The van der Waals surface area contributed by atoms with Crippen LogP contribution in [0.15, 0.2) is 54.9 Å². The summed E-state index contributed by atoms with van der Waals surface area (Å²) in [5, 5.41) is 3.94. The topological polar surface area (TPSA) is 90.1 Å². The maximum absolute atomic E-state index is 12.8. The number of carbonyl (C=O) groups excluding carboxylic acids is 1. The molecule has 140 valence electrons. The smallest absolute Gasteiger partial charge is 0.267 e. The summed E-state index contributed by atoms with van der Waals surface area (Å²) < 4.78 is 5.18. The van der Waals surface area contributed by atoms with E-state index in [2.05, 4.69) is 15.3 Å². The Kier molecular flexibility index (Phi) is 4.85. The van der Waals surface area contributed by atoms with Crippen LogP contribution in [0.3, 0.4) is 0 Å². The first kappa shape index (κ1) is 18.2. The second-order valence-electron chi connectivity index (χ2n) is 5.93. The minimum absolute atomic E-state index is 0.346. The highest BCUT2D eigenvalue weighted by Crippen LogP contribution is 2.35. The lowest BCUT2D eigenvalue weighted by Crippen LogP contribution is -2.12. The Labute approximate surface area is 170 Å². The summed E-state index contributed by atoms with van der Waals surface area (Å²) in [5.41, 5.74) is 8.80. The van der Waals surface area contributed by atoms with Crippen molar-refractivity contribution >= 4 is 50.4 Å². The number of pyridine rings is 2. The zero-order valence-electron chi connectivity index (χ0n) is 14.8. The Bertz CT molecular complexity index is 1180. The lowest BCUT2D eigenvalue weighted by molar-refractivity contribution is 0.103. The van der Waals surface area contributed by atoms with Crippen molar-refractivity contribution in [1.82, 2.24) is 9.97 Å². The van der Waals surface area contributed by atoms with Gasteiger partial charge in [0.1, 0.15) is 15.5 Å². The molecule has 0 aliphatic rings. The van der Waals surface area contributed by atoms with Crippen LogP contribution in [0.25, 0.3) is 21.5 Å². The molecule has 6 nitrogen and oxygen atoms in total. The van der Waals surface area contributed by atoms with Crippen LogP contribution >= 0.6 is 22.9 Å². The average Bonchev–Trinajstić information content (AvgIpc) is 3.06. The number of halogens is 1. The van der Waals surface area contributed by atoms with Crippen LogP contribution in [-0.4, -0.2) is 23.0 Å². The molecule has 1 aromatic carbocycles. The molecule has 3 N–H and O–H groups in total. The highest BCUT2D eigenvalue weighted by Gasteiger charge is 2.19. The number of nitrogens with zero attached hydrogens (tertiary/aromatic N) is 2. The van der Waals surface area contributed by atoms with E-state index in [1.54, 1.807) is 37.7 Å². The van der Waals surface area contributed by atoms with Crippen molar-refractivity contribution < 1.29 is 9.53 Å². The van der Waals surface area contributed by atoms with Gasteiger partial charge in [0.05, 0.1) is 29.2 Å². The molecule has 8 heteroatoms. The predicted molar refractivity (Wildman–Crippen MR) is 113 cm³/mol. The Morgan fingerprint density at radius 2 is 1.96 bits per heavy atom. The first-order valence-corrected chi connectivity index (χ1v) is 9.50. The Morgan fingerprint density at radius 3 is 2.71 bits per heavy atom. The maximum atomic E-state index is 12.8. The molecule has 3 heterocycles. The molecule has 4 aromatic rings. The van der Waals surface area contributed by atoms with Crippen molar-refractivity contribution in [2.45, 2.75) is 0 Å². The van der Waals surface area contributed by atoms with Gasteiger partial charge in [-0.3, -0.25) is 9.78 Å². The molecule has 0 atom stereocenters. The van der Waals surface area contributed by atoms with E-state index in [4.69, 9.17) is 22.1 Å². The van der Waals surface area contributed by atoms with E-state index in [9.17, 15) is 4.79 Å². The number of ether oxygens (including phenoxy) is 1. The van der Waals surface area contributed by atoms with Gasteiger partial charge in [-0.25, -0.2) is 4.98 Å². The number of nitrogen functional groups attached to an aromatic ring is 1. The molecule has 0 radical (unpaired) electrons. The summed E-state index contributed by atoms with van der Waals surface area (Å²) in [6, 6.07) is 12.5. The average molecular weight is 411 g/mol. The molecule has 4 rings (SSSR count). The monoisotopic (exact) mass is 410 g/mol. The summed E-state index contributed by atoms with van der Waals surface area (Å²) in [7, 11) is 1.55. The van der Waals surface area contributed by atoms with E-state index in [-0.39, 0.29) is 5.91 Å². The second-order valence-corrected chi connectivity index (χ2v) is 7.34. The van der Waals surface area contributed by atoms with E-state index in [1.165, 1.54) is 11.3 Å². The van der Waals surface area contributed by atoms with Crippen molar-refractivity contribution in [2.75, 3.05) is 18.2 Å². The van der Waals surface area contributed by atoms with Gasteiger partial charge in [-0.15, -0.1) is 11.3 Å². The number of thiophene rings is 1. The molecule has 0 bridgehead atoms. The number of methoxy groups -OCH3 is 1. The van der Waals surface area contributed by atoms with Crippen LogP contribution in [0.5, 0.6) is 5.75 Å². The zero-order valence-corrected chi connectivity index (χ0v) is 16.3.